The van der Waals surface area contributed by atoms with Crippen molar-refractivity contribution in [2.45, 2.75) is 6.18 Å². The Labute approximate surface area is 120 Å². The number of non-ortho nitro benzene ring substituents is 1. The third kappa shape index (κ3) is 2.26. The maximum atomic E-state index is 12.6. The van der Waals surface area contributed by atoms with Gasteiger partial charge in [-0.3, -0.25) is 10.1 Å². The van der Waals surface area contributed by atoms with E-state index in [1.165, 1.54) is 24.3 Å². The fourth-order valence-corrected chi connectivity index (χ4v) is 2.07. The Morgan fingerprint density at radius 1 is 1.00 bits per heavy atom. The van der Waals surface area contributed by atoms with Gasteiger partial charge in [-0.25, -0.2) is 4.63 Å². The molecule has 0 N–H and O–H groups in total. The summed E-state index contributed by atoms with van der Waals surface area (Å²) < 4.78 is 42.2. The minimum atomic E-state index is -4.43. The van der Waals surface area contributed by atoms with Crippen LogP contribution in [0.4, 0.5) is 18.9 Å². The molecule has 1 aromatic heterocycles. The molecule has 0 aliphatic carbocycles. The van der Waals surface area contributed by atoms with E-state index in [2.05, 4.69) is 14.9 Å². The third-order valence-electron chi connectivity index (χ3n) is 3.11. The molecule has 1 heterocycles. The summed E-state index contributed by atoms with van der Waals surface area (Å²) in [6, 6.07) is 6.98. The number of alkyl halides is 3. The smallest absolute Gasteiger partial charge is 0.258 e. The van der Waals surface area contributed by atoms with Crippen LogP contribution in [0.1, 0.15) is 5.56 Å². The van der Waals surface area contributed by atoms with Crippen LogP contribution in [-0.4, -0.2) is 15.2 Å². The number of nitro groups is 1. The van der Waals surface area contributed by atoms with Crippen LogP contribution in [-0.2, 0) is 6.18 Å². The van der Waals surface area contributed by atoms with Crippen molar-refractivity contribution < 1.29 is 22.7 Å². The fraction of sp³-hybridized carbons (Fsp3) is 0.0769. The van der Waals surface area contributed by atoms with E-state index < -0.39 is 16.7 Å². The molecular formula is C13H6F3N3O3. The highest BCUT2D eigenvalue weighted by atomic mass is 19.4. The van der Waals surface area contributed by atoms with Crippen molar-refractivity contribution >= 4 is 16.7 Å². The minimum absolute atomic E-state index is 0.0533. The molecule has 0 amide bonds. The normalized spacial score (nSPS) is 11.8. The number of benzene rings is 2. The van der Waals surface area contributed by atoms with Crippen LogP contribution < -0.4 is 0 Å². The van der Waals surface area contributed by atoms with Crippen molar-refractivity contribution in [3.05, 3.63) is 52.1 Å². The lowest BCUT2D eigenvalue weighted by molar-refractivity contribution is -0.383. The molecule has 112 valence electrons. The standard InChI is InChI=1S/C13H6F3N3O3/c14-13(15,16)8-3-1-7(2-4-8)9-5-6-10(19(20)21)12-11(9)17-22-18-12/h1-6H. The Kier molecular flexibility index (Phi) is 3.05. The average molecular weight is 309 g/mol. The summed E-state index contributed by atoms with van der Waals surface area (Å²) in [5, 5.41) is 18.0. The molecule has 0 saturated heterocycles. The first kappa shape index (κ1) is 14.0. The van der Waals surface area contributed by atoms with Gasteiger partial charge in [-0.1, -0.05) is 12.1 Å². The second-order valence-corrected chi connectivity index (χ2v) is 4.43. The summed E-state index contributed by atoms with van der Waals surface area (Å²) >= 11 is 0. The molecule has 6 nitrogen and oxygen atoms in total. The number of halogens is 3. The van der Waals surface area contributed by atoms with Gasteiger partial charge in [0.25, 0.3) is 0 Å². The second kappa shape index (κ2) is 4.79. The van der Waals surface area contributed by atoms with E-state index in [4.69, 9.17) is 0 Å². The maximum Gasteiger partial charge on any atom is 0.416 e. The van der Waals surface area contributed by atoms with Gasteiger partial charge in [0.15, 0.2) is 0 Å². The molecule has 0 radical (unpaired) electrons. The van der Waals surface area contributed by atoms with Gasteiger partial charge in [-0.05, 0) is 34.1 Å². The molecule has 9 heteroatoms. The number of hydrogen-bond acceptors (Lipinski definition) is 5. The molecule has 22 heavy (non-hydrogen) atoms. The highest BCUT2D eigenvalue weighted by molar-refractivity contribution is 5.96. The van der Waals surface area contributed by atoms with E-state index in [1.54, 1.807) is 0 Å². The fourth-order valence-electron chi connectivity index (χ4n) is 2.07. The lowest BCUT2D eigenvalue weighted by atomic mass is 10.0. The first-order valence-corrected chi connectivity index (χ1v) is 5.95. The Balaban J connectivity index is 2.13. The van der Waals surface area contributed by atoms with Crippen LogP contribution in [0.25, 0.3) is 22.2 Å². The Morgan fingerprint density at radius 3 is 2.23 bits per heavy atom. The zero-order valence-electron chi connectivity index (χ0n) is 10.7. The van der Waals surface area contributed by atoms with E-state index in [1.807, 2.05) is 0 Å². The van der Waals surface area contributed by atoms with Crippen LogP contribution in [0.15, 0.2) is 41.0 Å². The van der Waals surface area contributed by atoms with Crippen molar-refractivity contribution in [3.63, 3.8) is 0 Å². The summed E-state index contributed by atoms with van der Waals surface area (Å²) in [4.78, 5) is 10.3. The molecule has 3 rings (SSSR count). The van der Waals surface area contributed by atoms with Crippen molar-refractivity contribution in [2.24, 2.45) is 0 Å². The van der Waals surface area contributed by atoms with Crippen molar-refractivity contribution in [3.8, 4) is 11.1 Å². The van der Waals surface area contributed by atoms with E-state index >= 15 is 0 Å². The Hall–Kier alpha value is -2.97. The molecule has 2 aromatic carbocycles. The van der Waals surface area contributed by atoms with Crippen LogP contribution in [0.2, 0.25) is 0 Å². The van der Waals surface area contributed by atoms with Crippen molar-refractivity contribution in [1.82, 2.24) is 10.3 Å². The van der Waals surface area contributed by atoms with Gasteiger partial charge in [0, 0.05) is 11.6 Å². The number of rotatable bonds is 2. The molecule has 3 aromatic rings. The third-order valence-corrected chi connectivity index (χ3v) is 3.11. The summed E-state index contributed by atoms with van der Waals surface area (Å²) in [6.45, 7) is 0. The first-order chi connectivity index (χ1) is 10.4. The summed E-state index contributed by atoms with van der Waals surface area (Å²) in [6.07, 6.45) is -4.43. The quantitative estimate of drug-likeness (QED) is 0.531. The molecule has 0 aliphatic heterocycles. The van der Waals surface area contributed by atoms with E-state index in [-0.39, 0.29) is 16.7 Å². The lowest BCUT2D eigenvalue weighted by Crippen LogP contribution is -2.04. The van der Waals surface area contributed by atoms with Gasteiger partial charge in [0.05, 0.1) is 10.5 Å². The van der Waals surface area contributed by atoms with E-state index in [0.29, 0.717) is 11.1 Å². The van der Waals surface area contributed by atoms with E-state index in [9.17, 15) is 23.3 Å². The predicted molar refractivity (Wildman–Crippen MR) is 68.9 cm³/mol. The maximum absolute atomic E-state index is 12.6. The molecule has 0 bridgehead atoms. The van der Waals surface area contributed by atoms with Gasteiger partial charge in [0.1, 0.15) is 5.52 Å². The van der Waals surface area contributed by atoms with Crippen molar-refractivity contribution in [1.29, 1.82) is 0 Å². The van der Waals surface area contributed by atoms with Crippen molar-refractivity contribution in [2.75, 3.05) is 0 Å². The van der Waals surface area contributed by atoms with Crippen LogP contribution >= 0.6 is 0 Å². The molecular weight excluding hydrogens is 303 g/mol. The van der Waals surface area contributed by atoms with Gasteiger partial charge >= 0.3 is 11.9 Å². The summed E-state index contributed by atoms with van der Waals surface area (Å²) in [5.74, 6) is 0. The molecule has 0 spiro atoms. The van der Waals surface area contributed by atoms with Gasteiger partial charge < -0.3 is 0 Å². The van der Waals surface area contributed by atoms with Gasteiger partial charge in [-0.15, -0.1) is 0 Å². The van der Waals surface area contributed by atoms with Gasteiger partial charge in [0.2, 0.25) is 5.52 Å². The number of hydrogen-bond donors (Lipinski definition) is 0. The van der Waals surface area contributed by atoms with Crippen LogP contribution in [0, 0.1) is 10.1 Å². The topological polar surface area (TPSA) is 82.1 Å². The highest BCUT2D eigenvalue weighted by Gasteiger charge is 2.30. The molecule has 0 fully saturated rings. The number of aromatic nitrogens is 2. The monoisotopic (exact) mass is 309 g/mol. The van der Waals surface area contributed by atoms with Crippen LogP contribution in [0.5, 0.6) is 0 Å². The second-order valence-electron chi connectivity index (χ2n) is 4.43. The molecule has 0 aliphatic rings. The Bertz CT molecular complexity index is 856. The average Bonchev–Trinajstić information content (AvgIpc) is 2.94. The minimum Gasteiger partial charge on any atom is -0.258 e. The lowest BCUT2D eigenvalue weighted by Gasteiger charge is -2.07. The first-order valence-electron chi connectivity index (χ1n) is 5.95. The number of nitrogens with zero attached hydrogens (tertiary/aromatic N) is 3. The summed E-state index contributed by atoms with van der Waals surface area (Å²) in [7, 11) is 0. The van der Waals surface area contributed by atoms with Crippen LogP contribution in [0.3, 0.4) is 0 Å². The number of nitro benzene ring substituents is 1. The van der Waals surface area contributed by atoms with Gasteiger partial charge in [-0.2, -0.15) is 13.2 Å². The Morgan fingerprint density at radius 2 is 1.64 bits per heavy atom. The zero-order chi connectivity index (χ0) is 15.9. The zero-order valence-corrected chi connectivity index (χ0v) is 10.7. The molecule has 0 saturated carbocycles. The summed E-state index contributed by atoms with van der Waals surface area (Å²) in [5.41, 5.74) is -0.185. The largest absolute Gasteiger partial charge is 0.416 e. The SMILES string of the molecule is O=[N+]([O-])c1ccc(-c2ccc(C(F)(F)F)cc2)c2nonc12. The predicted octanol–water partition coefficient (Wildman–Crippen LogP) is 3.82. The highest BCUT2D eigenvalue weighted by Crippen LogP contribution is 2.34. The molecule has 0 atom stereocenters. The molecule has 0 unspecified atom stereocenters. The number of fused-ring (bicyclic) bond motifs is 1. The van der Waals surface area contributed by atoms with E-state index in [0.717, 1.165) is 12.1 Å².